The number of rotatable bonds is 3. The molecule has 0 bridgehead atoms. The first kappa shape index (κ1) is 15.1. The number of aromatic nitrogens is 2. The number of nitrogens with zero attached hydrogens (tertiary/aromatic N) is 4. The van der Waals surface area contributed by atoms with E-state index in [1.165, 1.54) is 12.8 Å². The van der Waals surface area contributed by atoms with E-state index in [-0.39, 0.29) is 12.5 Å². The molecule has 1 aliphatic carbocycles. The first-order valence-electron chi connectivity index (χ1n) is 8.37. The zero-order valence-electron chi connectivity index (χ0n) is 13.6. The molecule has 3 aliphatic rings. The van der Waals surface area contributed by atoms with Gasteiger partial charge in [-0.2, -0.15) is 5.10 Å². The van der Waals surface area contributed by atoms with Gasteiger partial charge >= 0.3 is 0 Å². The molecule has 1 aromatic heterocycles. The normalized spacial score (nSPS) is 30.0. The van der Waals surface area contributed by atoms with E-state index in [1.807, 2.05) is 13.2 Å². The Morgan fingerprint density at radius 2 is 2.26 bits per heavy atom. The summed E-state index contributed by atoms with van der Waals surface area (Å²) in [5, 5.41) is 4.18. The number of carbonyl (C=O) groups is 1. The van der Waals surface area contributed by atoms with E-state index in [0.717, 1.165) is 37.8 Å². The summed E-state index contributed by atoms with van der Waals surface area (Å²) in [4.78, 5) is 16.5. The number of hydrogen-bond donors (Lipinski definition) is 0. The lowest BCUT2D eigenvalue weighted by Crippen LogP contribution is -2.61. The Morgan fingerprint density at radius 1 is 1.39 bits per heavy atom. The summed E-state index contributed by atoms with van der Waals surface area (Å²) in [7, 11) is 1.86. The molecule has 7 nitrogen and oxygen atoms in total. The molecule has 1 amide bonds. The highest BCUT2D eigenvalue weighted by atomic mass is 16.6. The van der Waals surface area contributed by atoms with E-state index in [2.05, 4.69) is 10.00 Å². The minimum Gasteiger partial charge on any atom is -0.377 e. The van der Waals surface area contributed by atoms with E-state index in [0.29, 0.717) is 13.2 Å². The second-order valence-electron chi connectivity index (χ2n) is 7.05. The van der Waals surface area contributed by atoms with Gasteiger partial charge in [0, 0.05) is 32.9 Å². The van der Waals surface area contributed by atoms with Crippen molar-refractivity contribution in [2.24, 2.45) is 13.0 Å². The van der Waals surface area contributed by atoms with Crippen LogP contribution >= 0.6 is 0 Å². The van der Waals surface area contributed by atoms with Crippen LogP contribution in [-0.2, 0) is 21.3 Å². The topological polar surface area (TPSA) is 59.8 Å². The average molecular weight is 320 g/mol. The molecule has 0 unspecified atom stereocenters. The molecule has 1 aromatic rings. The number of morpholine rings is 1. The van der Waals surface area contributed by atoms with Gasteiger partial charge in [0.2, 0.25) is 0 Å². The van der Waals surface area contributed by atoms with Crippen LogP contribution in [0.4, 0.5) is 5.69 Å². The largest absolute Gasteiger partial charge is 0.377 e. The van der Waals surface area contributed by atoms with Gasteiger partial charge in [0.25, 0.3) is 5.91 Å². The van der Waals surface area contributed by atoms with Gasteiger partial charge in [0.1, 0.15) is 12.2 Å². The van der Waals surface area contributed by atoms with E-state index >= 15 is 0 Å². The summed E-state index contributed by atoms with van der Waals surface area (Å²) in [6.45, 7) is 4.80. The molecule has 1 saturated carbocycles. The number of ether oxygens (including phenoxy) is 2. The van der Waals surface area contributed by atoms with E-state index in [9.17, 15) is 4.79 Å². The van der Waals surface area contributed by atoms with Gasteiger partial charge in [-0.1, -0.05) is 0 Å². The third-order valence-corrected chi connectivity index (χ3v) is 4.89. The fourth-order valence-electron chi connectivity index (χ4n) is 3.49. The number of carbonyl (C=O) groups excluding carboxylic acids is 1. The van der Waals surface area contributed by atoms with Crippen molar-refractivity contribution in [2.75, 3.05) is 50.9 Å². The first-order chi connectivity index (χ1) is 11.1. The van der Waals surface area contributed by atoms with Crippen LogP contribution in [0.3, 0.4) is 0 Å². The number of hydrogen-bond acceptors (Lipinski definition) is 5. The highest BCUT2D eigenvalue weighted by Crippen LogP contribution is 2.32. The van der Waals surface area contributed by atoms with E-state index < -0.39 is 5.60 Å². The molecule has 4 rings (SSSR count). The van der Waals surface area contributed by atoms with Crippen LogP contribution in [0.2, 0.25) is 0 Å². The zero-order valence-corrected chi connectivity index (χ0v) is 13.6. The molecule has 126 valence electrons. The van der Waals surface area contributed by atoms with Crippen LogP contribution in [0, 0.1) is 5.92 Å². The van der Waals surface area contributed by atoms with Gasteiger partial charge in [0.05, 0.1) is 31.6 Å². The molecular formula is C16H24N4O3. The monoisotopic (exact) mass is 320 g/mol. The average Bonchev–Trinajstić information content (AvgIpc) is 3.28. The Morgan fingerprint density at radius 3 is 3.00 bits per heavy atom. The summed E-state index contributed by atoms with van der Waals surface area (Å²) in [6.07, 6.45) is 6.28. The molecule has 23 heavy (non-hydrogen) atoms. The Labute approximate surface area is 136 Å². The quantitative estimate of drug-likeness (QED) is 0.800. The highest BCUT2D eigenvalue weighted by Gasteiger charge is 2.44. The molecule has 1 atom stereocenters. The third-order valence-electron chi connectivity index (χ3n) is 4.89. The standard InChI is InChI=1S/C16H24N4O3/c1-18-8-14(6-17-18)20-11-16(23-9-15(20)21)10-19(4-5-22-12-16)7-13-2-3-13/h6,8,13H,2-5,7,9-12H2,1H3/t16-/m0/s1. The van der Waals surface area contributed by atoms with Gasteiger partial charge in [-0.05, 0) is 18.8 Å². The van der Waals surface area contributed by atoms with Crippen LogP contribution in [0.1, 0.15) is 12.8 Å². The molecule has 1 spiro atoms. The predicted molar refractivity (Wildman–Crippen MR) is 84.2 cm³/mol. The molecule has 3 heterocycles. The number of aryl methyl sites for hydroxylation is 1. The number of anilines is 1. The summed E-state index contributed by atoms with van der Waals surface area (Å²) in [5.41, 5.74) is 0.396. The van der Waals surface area contributed by atoms with Crippen molar-refractivity contribution in [1.29, 1.82) is 0 Å². The van der Waals surface area contributed by atoms with Crippen LogP contribution in [-0.4, -0.2) is 72.2 Å². The Kier molecular flexibility index (Phi) is 3.87. The maximum Gasteiger partial charge on any atom is 0.253 e. The molecule has 3 fully saturated rings. The zero-order chi connectivity index (χ0) is 15.9. The lowest BCUT2D eigenvalue weighted by atomic mass is 10.0. The van der Waals surface area contributed by atoms with Crippen molar-refractivity contribution in [3.63, 3.8) is 0 Å². The summed E-state index contributed by atoms with van der Waals surface area (Å²) in [6, 6.07) is 0. The van der Waals surface area contributed by atoms with Crippen molar-refractivity contribution < 1.29 is 14.3 Å². The van der Waals surface area contributed by atoms with Crippen molar-refractivity contribution in [2.45, 2.75) is 18.4 Å². The predicted octanol–water partition coefficient (Wildman–Crippen LogP) is 0.264. The summed E-state index contributed by atoms with van der Waals surface area (Å²) in [5.74, 6) is 0.825. The molecule has 2 saturated heterocycles. The van der Waals surface area contributed by atoms with Crippen molar-refractivity contribution in [3.8, 4) is 0 Å². The second kappa shape index (κ2) is 5.89. The maximum absolute atomic E-state index is 12.3. The van der Waals surface area contributed by atoms with Crippen molar-refractivity contribution in [1.82, 2.24) is 14.7 Å². The minimum absolute atomic E-state index is 0.0124. The van der Waals surface area contributed by atoms with Gasteiger partial charge in [-0.15, -0.1) is 0 Å². The molecule has 7 heteroatoms. The Balaban J connectivity index is 1.52. The highest BCUT2D eigenvalue weighted by molar-refractivity contribution is 5.94. The minimum atomic E-state index is -0.435. The molecule has 0 aromatic carbocycles. The Hall–Kier alpha value is -1.44. The van der Waals surface area contributed by atoms with Crippen LogP contribution < -0.4 is 4.90 Å². The van der Waals surface area contributed by atoms with Crippen molar-refractivity contribution in [3.05, 3.63) is 12.4 Å². The van der Waals surface area contributed by atoms with Gasteiger partial charge < -0.3 is 14.4 Å². The van der Waals surface area contributed by atoms with Gasteiger partial charge in [-0.25, -0.2) is 0 Å². The van der Waals surface area contributed by atoms with Crippen LogP contribution in [0.15, 0.2) is 12.4 Å². The van der Waals surface area contributed by atoms with E-state index in [4.69, 9.17) is 9.47 Å². The van der Waals surface area contributed by atoms with Crippen LogP contribution in [0.25, 0.3) is 0 Å². The summed E-state index contributed by atoms with van der Waals surface area (Å²) >= 11 is 0. The lowest BCUT2D eigenvalue weighted by Gasteiger charge is -2.42. The second-order valence-corrected chi connectivity index (χ2v) is 7.05. The van der Waals surface area contributed by atoms with Gasteiger partial charge in [0.15, 0.2) is 0 Å². The van der Waals surface area contributed by atoms with Gasteiger partial charge in [-0.3, -0.25) is 14.4 Å². The molecule has 0 radical (unpaired) electrons. The molecule has 0 N–H and O–H groups in total. The SMILES string of the molecule is Cn1cc(N2C[C@@]3(COCCN(CC4CC4)C3)OCC2=O)cn1. The number of amides is 1. The third kappa shape index (κ3) is 3.27. The first-order valence-corrected chi connectivity index (χ1v) is 8.37. The smallest absolute Gasteiger partial charge is 0.253 e. The molecular weight excluding hydrogens is 296 g/mol. The lowest BCUT2D eigenvalue weighted by molar-refractivity contribution is -0.146. The summed E-state index contributed by atoms with van der Waals surface area (Å²) < 4.78 is 13.5. The van der Waals surface area contributed by atoms with Crippen molar-refractivity contribution >= 4 is 11.6 Å². The fourth-order valence-corrected chi connectivity index (χ4v) is 3.49. The Bertz CT molecular complexity index is 586. The van der Waals surface area contributed by atoms with E-state index in [1.54, 1.807) is 15.8 Å². The fraction of sp³-hybridized carbons (Fsp3) is 0.750. The van der Waals surface area contributed by atoms with Crippen LogP contribution in [0.5, 0.6) is 0 Å². The molecule has 2 aliphatic heterocycles. The maximum atomic E-state index is 12.3.